The van der Waals surface area contributed by atoms with Gasteiger partial charge in [-0.15, -0.1) is 0 Å². The average molecular weight is 508 g/mol. The van der Waals surface area contributed by atoms with Crippen LogP contribution in [0.4, 0.5) is 0 Å². The normalized spacial score (nSPS) is 19.7. The Hall–Kier alpha value is -3.80. The van der Waals surface area contributed by atoms with Crippen molar-refractivity contribution in [1.29, 1.82) is 0 Å². The standard InChI is InChI=1S/C32H37N5O/c1-23-14-15-28(34-25(23)3)31-21-30(27-12-5-4-6-13-27)35-37(31)22-32(38)36-18-9-11-26(16-19-36)20-29-24(2)10-7-8-17-33-29/h4-8,10,12-15,17,21,24,26H,9,11,16,18-20,22H2,1-3H3. The summed E-state index contributed by atoms with van der Waals surface area (Å²) in [5, 5.41) is 4.88. The molecule has 38 heavy (non-hydrogen) atoms. The predicted octanol–water partition coefficient (Wildman–Crippen LogP) is 6.41. The Bertz CT molecular complexity index is 1370. The van der Waals surface area contributed by atoms with Crippen molar-refractivity contribution >= 4 is 11.6 Å². The fraction of sp³-hybridized carbons (Fsp3) is 0.375. The van der Waals surface area contributed by atoms with E-state index in [0.29, 0.717) is 11.8 Å². The lowest BCUT2D eigenvalue weighted by atomic mass is 9.89. The van der Waals surface area contributed by atoms with Crippen molar-refractivity contribution in [1.82, 2.24) is 19.7 Å². The van der Waals surface area contributed by atoms with Gasteiger partial charge in [-0.05, 0) is 69.2 Å². The summed E-state index contributed by atoms with van der Waals surface area (Å²) in [6.45, 7) is 8.07. The molecule has 2 unspecified atom stereocenters. The van der Waals surface area contributed by atoms with E-state index in [9.17, 15) is 4.79 Å². The van der Waals surface area contributed by atoms with E-state index in [0.717, 1.165) is 72.7 Å². The third-order valence-corrected chi connectivity index (χ3v) is 7.81. The molecule has 6 heteroatoms. The zero-order valence-corrected chi connectivity index (χ0v) is 22.7. The van der Waals surface area contributed by atoms with Gasteiger partial charge >= 0.3 is 0 Å². The van der Waals surface area contributed by atoms with E-state index in [1.807, 2.05) is 65.2 Å². The number of pyridine rings is 1. The molecule has 3 aromatic rings. The van der Waals surface area contributed by atoms with Crippen molar-refractivity contribution < 1.29 is 4.79 Å². The van der Waals surface area contributed by atoms with Crippen LogP contribution in [0.1, 0.15) is 43.9 Å². The Morgan fingerprint density at radius 1 is 1.00 bits per heavy atom. The van der Waals surface area contributed by atoms with Crippen molar-refractivity contribution in [3.8, 4) is 22.6 Å². The van der Waals surface area contributed by atoms with Gasteiger partial charge in [-0.2, -0.15) is 5.10 Å². The maximum atomic E-state index is 13.6. The number of nitrogens with zero attached hydrogens (tertiary/aromatic N) is 5. The highest BCUT2D eigenvalue weighted by Crippen LogP contribution is 2.27. The third kappa shape index (κ3) is 6.01. The molecule has 1 fully saturated rings. The molecular weight excluding hydrogens is 470 g/mol. The zero-order valence-electron chi connectivity index (χ0n) is 22.7. The van der Waals surface area contributed by atoms with E-state index in [4.69, 9.17) is 15.1 Å². The van der Waals surface area contributed by atoms with Crippen LogP contribution in [0.25, 0.3) is 22.6 Å². The molecule has 0 aliphatic carbocycles. The van der Waals surface area contributed by atoms with Crippen molar-refractivity contribution in [3.05, 3.63) is 84.2 Å². The Labute approximate surface area is 225 Å². The smallest absolute Gasteiger partial charge is 0.244 e. The first kappa shape index (κ1) is 25.8. The van der Waals surface area contributed by atoms with Crippen LogP contribution in [0.5, 0.6) is 0 Å². The van der Waals surface area contributed by atoms with Gasteiger partial charge in [0, 0.05) is 42.2 Å². The van der Waals surface area contributed by atoms with Gasteiger partial charge < -0.3 is 4.90 Å². The van der Waals surface area contributed by atoms with Crippen LogP contribution in [0.15, 0.2) is 78.0 Å². The molecular formula is C32H37N5O. The molecule has 2 aliphatic rings. The number of likely N-dealkylation sites (tertiary alicyclic amines) is 1. The second-order valence-corrected chi connectivity index (χ2v) is 10.6. The molecule has 1 amide bonds. The van der Waals surface area contributed by atoms with E-state index in [2.05, 4.69) is 38.1 Å². The number of hydrogen-bond donors (Lipinski definition) is 0. The number of aromatic nitrogens is 3. The van der Waals surface area contributed by atoms with Gasteiger partial charge in [0.1, 0.15) is 6.54 Å². The molecule has 0 spiro atoms. The Morgan fingerprint density at radius 3 is 2.66 bits per heavy atom. The van der Waals surface area contributed by atoms with Crippen molar-refractivity contribution in [2.45, 2.75) is 53.0 Å². The lowest BCUT2D eigenvalue weighted by Gasteiger charge is -2.21. The van der Waals surface area contributed by atoms with E-state index in [1.165, 1.54) is 5.71 Å². The monoisotopic (exact) mass is 507 g/mol. The zero-order chi connectivity index (χ0) is 26.5. The highest BCUT2D eigenvalue weighted by molar-refractivity contribution is 5.89. The van der Waals surface area contributed by atoms with E-state index in [-0.39, 0.29) is 12.5 Å². The molecule has 0 saturated carbocycles. The van der Waals surface area contributed by atoms with Crippen LogP contribution >= 0.6 is 0 Å². The summed E-state index contributed by atoms with van der Waals surface area (Å²) in [7, 11) is 0. The molecule has 0 bridgehead atoms. The summed E-state index contributed by atoms with van der Waals surface area (Å²) in [4.78, 5) is 25.1. The first-order chi connectivity index (χ1) is 18.5. The Balaban J connectivity index is 1.32. The number of aryl methyl sites for hydroxylation is 2. The van der Waals surface area contributed by atoms with Crippen LogP contribution in [-0.4, -0.2) is 44.4 Å². The molecule has 2 aliphatic heterocycles. The summed E-state index contributed by atoms with van der Waals surface area (Å²) < 4.78 is 1.84. The molecule has 2 atom stereocenters. The van der Waals surface area contributed by atoms with Gasteiger partial charge in [-0.25, -0.2) is 0 Å². The Morgan fingerprint density at radius 2 is 1.84 bits per heavy atom. The number of aliphatic imine (C=N–C) groups is 1. The van der Waals surface area contributed by atoms with E-state index >= 15 is 0 Å². The summed E-state index contributed by atoms with van der Waals surface area (Å²) in [6.07, 6.45) is 12.3. The second kappa shape index (κ2) is 11.7. The number of carbonyl (C=O) groups excluding carboxylic acids is 1. The van der Waals surface area contributed by atoms with Gasteiger partial charge in [0.15, 0.2) is 0 Å². The van der Waals surface area contributed by atoms with Gasteiger partial charge in [0.2, 0.25) is 5.91 Å². The fourth-order valence-corrected chi connectivity index (χ4v) is 5.30. The third-order valence-electron chi connectivity index (χ3n) is 7.81. The van der Waals surface area contributed by atoms with Gasteiger partial charge in [-0.3, -0.25) is 19.5 Å². The van der Waals surface area contributed by atoms with Crippen molar-refractivity contribution in [3.63, 3.8) is 0 Å². The predicted molar refractivity (Wildman–Crippen MR) is 154 cm³/mol. The summed E-state index contributed by atoms with van der Waals surface area (Å²) >= 11 is 0. The first-order valence-corrected chi connectivity index (χ1v) is 13.7. The average Bonchev–Trinajstić information content (AvgIpc) is 3.05. The minimum Gasteiger partial charge on any atom is -0.341 e. The van der Waals surface area contributed by atoms with Crippen LogP contribution < -0.4 is 0 Å². The lowest BCUT2D eigenvalue weighted by Crippen LogP contribution is -2.35. The highest BCUT2D eigenvalue weighted by atomic mass is 16.2. The Kier molecular flexibility index (Phi) is 7.97. The number of amides is 1. The lowest BCUT2D eigenvalue weighted by molar-refractivity contribution is -0.132. The molecule has 1 aromatic carbocycles. The van der Waals surface area contributed by atoms with Gasteiger partial charge in [-0.1, -0.05) is 55.5 Å². The minimum absolute atomic E-state index is 0.115. The molecule has 196 valence electrons. The number of carbonyl (C=O) groups is 1. The van der Waals surface area contributed by atoms with Crippen molar-refractivity contribution in [2.24, 2.45) is 16.8 Å². The molecule has 1 saturated heterocycles. The van der Waals surface area contributed by atoms with Gasteiger partial charge in [0.25, 0.3) is 0 Å². The first-order valence-electron chi connectivity index (χ1n) is 13.7. The number of rotatable bonds is 6. The summed E-state index contributed by atoms with van der Waals surface area (Å²) in [5.41, 5.74) is 6.97. The number of hydrogen-bond acceptors (Lipinski definition) is 4. The molecule has 2 aromatic heterocycles. The second-order valence-electron chi connectivity index (χ2n) is 10.6. The van der Waals surface area contributed by atoms with Crippen molar-refractivity contribution in [2.75, 3.05) is 13.1 Å². The minimum atomic E-state index is 0.115. The molecule has 0 N–H and O–H groups in total. The number of allylic oxidation sites excluding steroid dienone is 3. The molecule has 0 radical (unpaired) electrons. The molecule has 4 heterocycles. The quantitative estimate of drug-likeness (QED) is 0.387. The maximum absolute atomic E-state index is 13.6. The largest absolute Gasteiger partial charge is 0.341 e. The van der Waals surface area contributed by atoms with E-state index < -0.39 is 0 Å². The maximum Gasteiger partial charge on any atom is 0.244 e. The number of benzene rings is 1. The van der Waals surface area contributed by atoms with Crippen LogP contribution in [0.2, 0.25) is 0 Å². The SMILES string of the molecule is Cc1ccc(-c2cc(-c3ccccc3)nn2CC(=O)N2CCCC(CC3=NC=CC=CC3C)CC2)nc1C. The van der Waals surface area contributed by atoms with E-state index in [1.54, 1.807) is 0 Å². The fourth-order valence-electron chi connectivity index (χ4n) is 5.30. The van der Waals surface area contributed by atoms with Crippen LogP contribution in [0, 0.1) is 25.7 Å². The molecule has 5 rings (SSSR count). The summed E-state index contributed by atoms with van der Waals surface area (Å²) in [6, 6.07) is 16.3. The molecule has 6 nitrogen and oxygen atoms in total. The van der Waals surface area contributed by atoms with Gasteiger partial charge in [0.05, 0.1) is 17.1 Å². The van der Waals surface area contributed by atoms with Crippen LogP contribution in [0.3, 0.4) is 0 Å². The topological polar surface area (TPSA) is 63.4 Å². The summed E-state index contributed by atoms with van der Waals surface area (Å²) in [5.74, 6) is 1.03. The van der Waals surface area contributed by atoms with Crippen LogP contribution in [-0.2, 0) is 11.3 Å². The highest BCUT2D eigenvalue weighted by Gasteiger charge is 2.24.